The highest BCUT2D eigenvalue weighted by atomic mass is 32.1. The Morgan fingerprint density at radius 1 is 1.83 bits per heavy atom. The SMILES string of the molecule is OOOPNS. The van der Waals surface area contributed by atoms with Crippen molar-refractivity contribution in [2.24, 2.45) is 0 Å². The summed E-state index contributed by atoms with van der Waals surface area (Å²) >= 11 is 3.50. The first kappa shape index (κ1) is 6.62. The summed E-state index contributed by atoms with van der Waals surface area (Å²) in [5.74, 6) is 0. The molecule has 38 valence electrons. The molecule has 0 spiro atoms. The van der Waals surface area contributed by atoms with Crippen LogP contribution < -0.4 is 4.49 Å². The first-order chi connectivity index (χ1) is 2.91. The third-order valence-corrected chi connectivity index (χ3v) is 0.648. The molecule has 0 aliphatic heterocycles. The van der Waals surface area contributed by atoms with Crippen LogP contribution in [0.4, 0.5) is 0 Å². The minimum Gasteiger partial charge on any atom is -0.221 e. The largest absolute Gasteiger partial charge is 0.221 e. The second kappa shape index (κ2) is 5.62. The van der Waals surface area contributed by atoms with Gasteiger partial charge in [0.2, 0.25) is 0 Å². The van der Waals surface area contributed by atoms with E-state index >= 15 is 0 Å². The zero-order valence-electron chi connectivity index (χ0n) is 2.71. The van der Waals surface area contributed by atoms with Gasteiger partial charge in [-0.3, -0.25) is 0 Å². The van der Waals surface area contributed by atoms with Crippen molar-refractivity contribution >= 4 is 21.8 Å². The van der Waals surface area contributed by atoms with E-state index in [1.54, 1.807) is 0 Å². The van der Waals surface area contributed by atoms with Gasteiger partial charge in [-0.1, -0.05) is 17.9 Å². The molecule has 0 fully saturated rings. The summed E-state index contributed by atoms with van der Waals surface area (Å²) in [6.45, 7) is 0. The van der Waals surface area contributed by atoms with Gasteiger partial charge >= 0.3 is 0 Å². The van der Waals surface area contributed by atoms with Crippen molar-refractivity contribution in [1.82, 2.24) is 4.49 Å². The van der Waals surface area contributed by atoms with Gasteiger partial charge in [-0.2, -0.15) is 4.67 Å². The van der Waals surface area contributed by atoms with Crippen molar-refractivity contribution in [3.05, 3.63) is 0 Å². The quantitative estimate of drug-likeness (QED) is 0.169. The van der Waals surface area contributed by atoms with Gasteiger partial charge in [0.05, 0.1) is 0 Å². The second-order valence-electron chi connectivity index (χ2n) is 0.372. The van der Waals surface area contributed by atoms with E-state index in [4.69, 9.17) is 5.26 Å². The number of nitrogens with one attached hydrogen (secondary N) is 1. The summed E-state index contributed by atoms with van der Waals surface area (Å²) in [6, 6.07) is 0. The molecule has 0 aromatic carbocycles. The molecule has 0 saturated carbocycles. The molecule has 0 radical (unpaired) electrons. The van der Waals surface area contributed by atoms with E-state index in [1.807, 2.05) is 0 Å². The summed E-state index contributed by atoms with van der Waals surface area (Å²) < 4.78 is 6.16. The van der Waals surface area contributed by atoms with E-state index in [9.17, 15) is 0 Å². The highest BCUT2D eigenvalue weighted by Crippen LogP contribution is 2.03. The van der Waals surface area contributed by atoms with Crippen LogP contribution in [0.1, 0.15) is 0 Å². The molecule has 0 aromatic heterocycles. The van der Waals surface area contributed by atoms with Crippen molar-refractivity contribution in [1.29, 1.82) is 0 Å². The van der Waals surface area contributed by atoms with E-state index in [2.05, 4.69) is 27.0 Å². The lowest BCUT2D eigenvalue weighted by Gasteiger charge is -1.88. The van der Waals surface area contributed by atoms with Crippen LogP contribution in [0.25, 0.3) is 0 Å². The van der Waals surface area contributed by atoms with Gasteiger partial charge in [0.1, 0.15) is 8.96 Å². The monoisotopic (exact) mass is 129 g/mol. The summed E-state index contributed by atoms with van der Waals surface area (Å²) in [7, 11) is -0.143. The van der Waals surface area contributed by atoms with Gasteiger partial charge in [-0.05, 0) is 0 Å². The molecule has 1 unspecified atom stereocenters. The highest BCUT2D eigenvalue weighted by Gasteiger charge is 1.74. The van der Waals surface area contributed by atoms with Crippen molar-refractivity contribution in [3.63, 3.8) is 0 Å². The van der Waals surface area contributed by atoms with E-state index in [0.29, 0.717) is 0 Å². The Hall–Kier alpha value is 0.620. The zero-order chi connectivity index (χ0) is 4.83. The number of thiol groups is 1. The minimum absolute atomic E-state index is 0.143. The van der Waals surface area contributed by atoms with Gasteiger partial charge in [-0.15, -0.1) is 0 Å². The third kappa shape index (κ3) is 4.62. The van der Waals surface area contributed by atoms with Crippen LogP contribution in [-0.2, 0) is 9.71 Å². The molecular weight excluding hydrogens is 125 g/mol. The Labute approximate surface area is 42.2 Å². The predicted molar refractivity (Wildman–Crippen MR) is 25.2 cm³/mol. The van der Waals surface area contributed by atoms with Crippen LogP contribution in [0.5, 0.6) is 0 Å². The molecule has 6 heteroatoms. The Morgan fingerprint density at radius 2 is 2.50 bits per heavy atom. The van der Waals surface area contributed by atoms with Crippen molar-refractivity contribution in [2.75, 3.05) is 0 Å². The van der Waals surface area contributed by atoms with Gasteiger partial charge in [0, 0.05) is 0 Å². The topological polar surface area (TPSA) is 50.7 Å². The smallest absolute Gasteiger partial charge is 0.142 e. The number of rotatable bonds is 3. The summed E-state index contributed by atoms with van der Waals surface area (Å²) in [5, 5.41) is 10.6. The molecule has 0 bridgehead atoms. The molecule has 0 heterocycles. The fourth-order valence-corrected chi connectivity index (χ4v) is 0.224. The fraction of sp³-hybridized carbons (Fsp3) is 0. The van der Waals surface area contributed by atoms with Gasteiger partial charge in [0.15, 0.2) is 0 Å². The van der Waals surface area contributed by atoms with E-state index < -0.39 is 0 Å². The average Bonchev–Trinajstić information content (AvgIpc) is 1.61. The van der Waals surface area contributed by atoms with Crippen LogP contribution in [0.3, 0.4) is 0 Å². The van der Waals surface area contributed by atoms with Crippen LogP contribution in [0.15, 0.2) is 0 Å². The van der Waals surface area contributed by atoms with Crippen molar-refractivity contribution in [2.45, 2.75) is 0 Å². The van der Waals surface area contributed by atoms with Crippen LogP contribution in [-0.4, -0.2) is 5.26 Å². The minimum atomic E-state index is -0.143. The number of hydrogen-bond acceptors (Lipinski definition) is 5. The lowest BCUT2D eigenvalue weighted by molar-refractivity contribution is -0.435. The zero-order valence-corrected chi connectivity index (χ0v) is 4.61. The average molecular weight is 129 g/mol. The summed E-state index contributed by atoms with van der Waals surface area (Å²) in [6.07, 6.45) is 0. The Kier molecular flexibility index (Phi) is 6.20. The van der Waals surface area contributed by atoms with E-state index in [1.165, 1.54) is 0 Å². The Bertz CT molecular complexity index is 22.8. The predicted octanol–water partition coefficient (Wildman–Crippen LogP) is 0.350. The molecule has 0 aliphatic rings. The molecule has 6 heavy (non-hydrogen) atoms. The van der Waals surface area contributed by atoms with Crippen molar-refractivity contribution in [3.8, 4) is 0 Å². The normalized spacial score (nSPS) is 11.0. The fourth-order valence-electron chi connectivity index (χ4n) is 0.0373. The first-order valence-corrected chi connectivity index (χ1v) is 2.38. The Balaban J connectivity index is 2.34. The maximum absolute atomic E-state index is 7.41. The molecule has 4 nitrogen and oxygen atoms in total. The van der Waals surface area contributed by atoms with Crippen molar-refractivity contribution < 1.29 is 15.0 Å². The van der Waals surface area contributed by atoms with Gasteiger partial charge in [0.25, 0.3) is 0 Å². The highest BCUT2D eigenvalue weighted by molar-refractivity contribution is 7.82. The second-order valence-corrected chi connectivity index (χ2v) is 1.64. The molecule has 0 aliphatic carbocycles. The van der Waals surface area contributed by atoms with Gasteiger partial charge in [-0.25, -0.2) is 9.75 Å². The molecule has 0 saturated heterocycles. The first-order valence-electron chi connectivity index (χ1n) is 1.03. The number of hydrogen-bond donors (Lipinski definition) is 3. The molecule has 0 aromatic rings. The summed E-state index contributed by atoms with van der Waals surface area (Å²) in [4.78, 5) is 0. The molecule has 2 N–H and O–H groups in total. The maximum atomic E-state index is 7.41. The molecule has 0 rings (SSSR count). The standard InChI is InChI=1S/H4NO3PS/c2-3-4-5-1-6/h1-2,5-6H. The van der Waals surface area contributed by atoms with E-state index in [-0.39, 0.29) is 8.96 Å². The molecular formula is H4NO3PS. The lowest BCUT2D eigenvalue weighted by Crippen LogP contribution is -1.81. The summed E-state index contributed by atoms with van der Waals surface area (Å²) in [5.41, 5.74) is 0. The van der Waals surface area contributed by atoms with Crippen LogP contribution in [0.2, 0.25) is 0 Å². The van der Waals surface area contributed by atoms with E-state index in [0.717, 1.165) is 0 Å². The van der Waals surface area contributed by atoms with Gasteiger partial charge < -0.3 is 0 Å². The van der Waals surface area contributed by atoms with Crippen LogP contribution in [0, 0.1) is 0 Å². The van der Waals surface area contributed by atoms with Crippen LogP contribution >= 0.6 is 21.8 Å². The molecule has 1 atom stereocenters. The lowest BCUT2D eigenvalue weighted by atomic mass is 13.9. The molecule has 0 amide bonds. The maximum Gasteiger partial charge on any atom is 0.142 e. The third-order valence-electron chi connectivity index (χ3n) is 0.125. The Morgan fingerprint density at radius 3 is 2.67 bits per heavy atom.